The van der Waals surface area contributed by atoms with E-state index in [1.165, 1.54) is 11.3 Å². The maximum atomic E-state index is 12.2. The zero-order chi connectivity index (χ0) is 17.6. The molecule has 2 heterocycles. The molecule has 27 heavy (non-hydrogen) atoms. The van der Waals surface area contributed by atoms with Crippen molar-refractivity contribution in [3.8, 4) is 0 Å². The number of benzene rings is 1. The number of carbonyl (C=O) groups excluding carboxylic acids is 1. The number of nitrogens with zero attached hydrogens (tertiary/aromatic N) is 2. The van der Waals surface area contributed by atoms with Crippen molar-refractivity contribution in [1.82, 2.24) is 15.5 Å². The normalized spacial score (nSPS) is 23.1. The quantitative estimate of drug-likeness (QED) is 0.774. The van der Waals surface area contributed by atoms with Crippen LogP contribution in [0.1, 0.15) is 31.7 Å². The summed E-state index contributed by atoms with van der Waals surface area (Å²) in [4.78, 5) is 17.1. The predicted molar refractivity (Wildman–Crippen MR) is 118 cm³/mol. The number of piperazine rings is 1. The molecule has 1 aromatic carbocycles. The summed E-state index contributed by atoms with van der Waals surface area (Å²) < 4.78 is 0. The van der Waals surface area contributed by atoms with Gasteiger partial charge in [-0.25, -0.2) is 0 Å². The number of piperidine rings is 1. The maximum Gasteiger partial charge on any atom is 0.221 e. The number of halogens is 2. The third-order valence-corrected chi connectivity index (χ3v) is 5.38. The highest BCUT2D eigenvalue weighted by atomic mass is 35.5. The molecular weight excluding hydrogens is 383 g/mol. The van der Waals surface area contributed by atoms with Gasteiger partial charge < -0.3 is 15.5 Å². The highest BCUT2D eigenvalue weighted by molar-refractivity contribution is 5.85. The molecule has 2 atom stereocenters. The van der Waals surface area contributed by atoms with Crippen LogP contribution in [0.2, 0.25) is 0 Å². The molecule has 2 unspecified atom stereocenters. The molecule has 1 amide bonds. The summed E-state index contributed by atoms with van der Waals surface area (Å²) in [5.41, 5.74) is 2.63. The minimum atomic E-state index is 0. The monoisotopic (exact) mass is 416 g/mol. The number of hydrogen-bond donors (Lipinski definition) is 2. The number of carbonyl (C=O) groups is 1. The number of anilines is 1. The SMILES string of the molecule is Cc1cccc(N2CCN(CCC(=O)NC3CCNC(C)C3)CC2)c1.Cl.Cl. The van der Waals surface area contributed by atoms with E-state index in [-0.39, 0.29) is 30.7 Å². The molecule has 0 radical (unpaired) electrons. The van der Waals surface area contributed by atoms with Crippen LogP contribution in [0.25, 0.3) is 0 Å². The summed E-state index contributed by atoms with van der Waals surface area (Å²) in [7, 11) is 0. The Morgan fingerprint density at radius 3 is 2.63 bits per heavy atom. The molecule has 7 heteroatoms. The van der Waals surface area contributed by atoms with Crippen molar-refractivity contribution < 1.29 is 4.79 Å². The number of amides is 1. The minimum Gasteiger partial charge on any atom is -0.369 e. The molecule has 5 nitrogen and oxygen atoms in total. The predicted octanol–water partition coefficient (Wildman–Crippen LogP) is 2.61. The van der Waals surface area contributed by atoms with Crippen LogP contribution in [-0.4, -0.2) is 62.2 Å². The van der Waals surface area contributed by atoms with Gasteiger partial charge in [0.1, 0.15) is 0 Å². The highest BCUT2D eigenvalue weighted by Gasteiger charge is 2.21. The van der Waals surface area contributed by atoms with E-state index in [0.717, 1.165) is 52.1 Å². The standard InChI is InChI=1S/C20H32N4O.2ClH/c1-16-4-3-5-19(14-16)24-12-10-23(11-13-24)9-7-20(25)22-18-6-8-21-17(2)15-18;;/h3-5,14,17-18,21H,6-13,15H2,1-2H3,(H,22,25);2*1H. The van der Waals surface area contributed by atoms with Crippen LogP contribution in [0.4, 0.5) is 5.69 Å². The van der Waals surface area contributed by atoms with Gasteiger partial charge >= 0.3 is 0 Å². The van der Waals surface area contributed by atoms with Crippen molar-refractivity contribution >= 4 is 36.4 Å². The molecule has 2 saturated heterocycles. The van der Waals surface area contributed by atoms with Crippen LogP contribution in [0, 0.1) is 6.92 Å². The molecule has 0 aliphatic carbocycles. The largest absolute Gasteiger partial charge is 0.369 e. The van der Waals surface area contributed by atoms with Crippen molar-refractivity contribution in [3.63, 3.8) is 0 Å². The van der Waals surface area contributed by atoms with Crippen molar-refractivity contribution in [2.24, 2.45) is 0 Å². The van der Waals surface area contributed by atoms with Crippen LogP contribution in [0.3, 0.4) is 0 Å². The van der Waals surface area contributed by atoms with Gasteiger partial charge in [0.05, 0.1) is 0 Å². The van der Waals surface area contributed by atoms with Crippen molar-refractivity contribution in [2.75, 3.05) is 44.2 Å². The molecular formula is C20H34Cl2N4O. The van der Waals surface area contributed by atoms with E-state index in [1.54, 1.807) is 0 Å². The molecule has 0 aromatic heterocycles. The van der Waals surface area contributed by atoms with Gasteiger partial charge in [0.15, 0.2) is 0 Å². The number of rotatable bonds is 5. The Labute approximate surface area is 176 Å². The lowest BCUT2D eigenvalue weighted by Crippen LogP contribution is -2.49. The molecule has 0 spiro atoms. The Hall–Kier alpha value is -1.01. The van der Waals surface area contributed by atoms with E-state index in [0.29, 0.717) is 18.5 Å². The summed E-state index contributed by atoms with van der Waals surface area (Å²) in [6.45, 7) is 10.3. The van der Waals surface area contributed by atoms with Gasteiger partial charge in [-0.05, 0) is 50.9 Å². The number of aryl methyl sites for hydroxylation is 1. The second-order valence-electron chi connectivity index (χ2n) is 7.56. The molecule has 2 aliphatic heterocycles. The summed E-state index contributed by atoms with van der Waals surface area (Å²) in [5, 5.41) is 6.64. The maximum absolute atomic E-state index is 12.2. The van der Waals surface area contributed by atoms with Crippen molar-refractivity contribution in [2.45, 2.75) is 45.2 Å². The third kappa shape index (κ3) is 7.49. The molecule has 2 N–H and O–H groups in total. The zero-order valence-electron chi connectivity index (χ0n) is 16.4. The summed E-state index contributed by atoms with van der Waals surface area (Å²) in [6, 6.07) is 9.57. The van der Waals surface area contributed by atoms with E-state index < -0.39 is 0 Å². The average molecular weight is 417 g/mol. The first-order valence-electron chi connectivity index (χ1n) is 9.67. The van der Waals surface area contributed by atoms with Crippen molar-refractivity contribution in [3.05, 3.63) is 29.8 Å². The zero-order valence-corrected chi connectivity index (χ0v) is 18.1. The molecule has 2 aliphatic rings. The van der Waals surface area contributed by atoms with Gasteiger partial charge in [0, 0.05) is 56.9 Å². The average Bonchev–Trinajstić information content (AvgIpc) is 2.60. The van der Waals surface area contributed by atoms with Crippen LogP contribution >= 0.6 is 24.8 Å². The Bertz CT molecular complexity index is 579. The Balaban J connectivity index is 0.00000182. The fourth-order valence-corrected chi connectivity index (χ4v) is 3.88. The first-order valence-corrected chi connectivity index (χ1v) is 9.67. The van der Waals surface area contributed by atoms with Gasteiger partial charge in [0.2, 0.25) is 5.91 Å². The van der Waals surface area contributed by atoms with Crippen molar-refractivity contribution in [1.29, 1.82) is 0 Å². The highest BCUT2D eigenvalue weighted by Crippen LogP contribution is 2.17. The summed E-state index contributed by atoms with van der Waals surface area (Å²) >= 11 is 0. The Morgan fingerprint density at radius 1 is 1.22 bits per heavy atom. The van der Waals surface area contributed by atoms with E-state index in [1.807, 2.05) is 0 Å². The van der Waals surface area contributed by atoms with Gasteiger partial charge in [-0.2, -0.15) is 0 Å². The van der Waals surface area contributed by atoms with E-state index in [9.17, 15) is 4.79 Å². The molecule has 1 aromatic rings. The lowest BCUT2D eigenvalue weighted by molar-refractivity contribution is -0.122. The van der Waals surface area contributed by atoms with Crippen LogP contribution in [0.5, 0.6) is 0 Å². The topological polar surface area (TPSA) is 47.6 Å². The minimum absolute atomic E-state index is 0. The molecule has 2 fully saturated rings. The second kappa shape index (κ2) is 11.7. The van der Waals surface area contributed by atoms with Gasteiger partial charge in [-0.3, -0.25) is 9.69 Å². The van der Waals surface area contributed by atoms with E-state index in [2.05, 4.69) is 58.5 Å². The second-order valence-corrected chi connectivity index (χ2v) is 7.56. The molecule has 0 saturated carbocycles. The van der Waals surface area contributed by atoms with E-state index in [4.69, 9.17) is 0 Å². The fraction of sp³-hybridized carbons (Fsp3) is 0.650. The first-order chi connectivity index (χ1) is 12.1. The Morgan fingerprint density at radius 2 is 1.96 bits per heavy atom. The third-order valence-electron chi connectivity index (χ3n) is 5.38. The molecule has 154 valence electrons. The van der Waals surface area contributed by atoms with E-state index >= 15 is 0 Å². The van der Waals surface area contributed by atoms with Crippen LogP contribution in [0.15, 0.2) is 24.3 Å². The lowest BCUT2D eigenvalue weighted by atomic mass is 10.0. The van der Waals surface area contributed by atoms with Crippen LogP contribution in [-0.2, 0) is 4.79 Å². The van der Waals surface area contributed by atoms with Crippen LogP contribution < -0.4 is 15.5 Å². The van der Waals surface area contributed by atoms with Gasteiger partial charge in [-0.1, -0.05) is 12.1 Å². The smallest absolute Gasteiger partial charge is 0.221 e. The summed E-state index contributed by atoms with van der Waals surface area (Å²) in [5.74, 6) is 0.209. The molecule has 3 rings (SSSR count). The number of hydrogen-bond acceptors (Lipinski definition) is 4. The lowest BCUT2D eigenvalue weighted by Gasteiger charge is -2.36. The first kappa shape index (κ1) is 24.0. The van der Waals surface area contributed by atoms with Gasteiger partial charge in [-0.15, -0.1) is 24.8 Å². The Kier molecular flexibility index (Phi) is 10.5. The molecule has 0 bridgehead atoms. The number of nitrogens with one attached hydrogen (secondary N) is 2. The van der Waals surface area contributed by atoms with Gasteiger partial charge in [0.25, 0.3) is 0 Å². The summed E-state index contributed by atoms with van der Waals surface area (Å²) in [6.07, 6.45) is 2.70. The fourth-order valence-electron chi connectivity index (χ4n) is 3.88.